The summed E-state index contributed by atoms with van der Waals surface area (Å²) >= 11 is 6.41. The molecular formula is C29H23ClN2O2S. The van der Waals surface area contributed by atoms with E-state index in [-0.39, 0.29) is 6.54 Å². The maximum absolute atomic E-state index is 13.4. The third-order valence-electron chi connectivity index (χ3n) is 5.84. The van der Waals surface area contributed by atoms with E-state index in [0.717, 1.165) is 27.6 Å². The molecule has 35 heavy (non-hydrogen) atoms. The summed E-state index contributed by atoms with van der Waals surface area (Å²) in [6, 6.07) is 34.5. The van der Waals surface area contributed by atoms with Gasteiger partial charge in [-0.15, -0.1) is 0 Å². The Bertz CT molecular complexity index is 1600. The molecule has 1 aromatic heterocycles. The van der Waals surface area contributed by atoms with Crippen molar-refractivity contribution >= 4 is 38.2 Å². The Morgan fingerprint density at radius 2 is 1.40 bits per heavy atom. The normalized spacial score (nSPS) is 11.5. The number of para-hydroxylation sites is 1. The van der Waals surface area contributed by atoms with Crippen LogP contribution in [0.4, 0.5) is 5.69 Å². The number of benzene rings is 4. The number of rotatable bonds is 6. The van der Waals surface area contributed by atoms with Gasteiger partial charge in [-0.25, -0.2) is 13.4 Å². The minimum Gasteiger partial charge on any atom is -0.265 e. The summed E-state index contributed by atoms with van der Waals surface area (Å²) in [5.74, 6) is 0. The first-order valence-corrected chi connectivity index (χ1v) is 13.4. The van der Waals surface area contributed by atoms with Crippen LogP contribution in [-0.2, 0) is 16.6 Å². The van der Waals surface area contributed by atoms with Crippen molar-refractivity contribution in [2.24, 2.45) is 0 Å². The lowest BCUT2D eigenvalue weighted by Crippen LogP contribution is -2.30. The highest BCUT2D eigenvalue weighted by molar-refractivity contribution is 7.92. The maximum atomic E-state index is 13.4. The third-order valence-corrected chi connectivity index (χ3v) is 7.19. The van der Waals surface area contributed by atoms with Crippen LogP contribution in [0.1, 0.15) is 5.56 Å². The molecule has 0 bridgehead atoms. The van der Waals surface area contributed by atoms with Crippen LogP contribution in [0.15, 0.2) is 109 Å². The van der Waals surface area contributed by atoms with E-state index in [1.165, 1.54) is 10.6 Å². The van der Waals surface area contributed by atoms with Crippen LogP contribution >= 0.6 is 11.6 Å². The largest absolute Gasteiger partial charge is 0.265 e. The second-order valence-electron chi connectivity index (χ2n) is 8.33. The summed E-state index contributed by atoms with van der Waals surface area (Å²) in [5.41, 5.74) is 5.30. The molecule has 0 N–H and O–H groups in total. The third kappa shape index (κ3) is 4.78. The van der Waals surface area contributed by atoms with E-state index in [4.69, 9.17) is 16.6 Å². The minimum absolute atomic E-state index is 0.190. The van der Waals surface area contributed by atoms with E-state index in [2.05, 4.69) is 0 Å². The Kier molecular flexibility index (Phi) is 6.29. The van der Waals surface area contributed by atoms with E-state index < -0.39 is 10.0 Å². The van der Waals surface area contributed by atoms with Crippen LogP contribution in [0.3, 0.4) is 0 Å². The standard InChI is InChI=1S/C29H23ClN2O2S/c1-35(33,34)32(20-21-11-4-2-5-12-21)29-25-17-8-9-18-26(25)31-28(22-13-6-3-7-14-22)27(29)23-15-10-16-24(30)19-23/h2-19H,20H2,1H3. The van der Waals surface area contributed by atoms with Crippen LogP contribution in [-0.4, -0.2) is 19.7 Å². The molecule has 6 heteroatoms. The molecule has 5 rings (SSSR count). The van der Waals surface area contributed by atoms with Crippen molar-refractivity contribution in [1.82, 2.24) is 4.98 Å². The number of pyridine rings is 1. The molecule has 174 valence electrons. The van der Waals surface area contributed by atoms with Gasteiger partial charge < -0.3 is 0 Å². The van der Waals surface area contributed by atoms with Crippen molar-refractivity contribution in [3.8, 4) is 22.4 Å². The van der Waals surface area contributed by atoms with Gasteiger partial charge in [0.1, 0.15) is 0 Å². The number of sulfonamides is 1. The van der Waals surface area contributed by atoms with E-state index in [0.29, 0.717) is 21.9 Å². The van der Waals surface area contributed by atoms with Gasteiger partial charge >= 0.3 is 0 Å². The fourth-order valence-corrected chi connectivity index (χ4v) is 5.38. The molecule has 1 heterocycles. The lowest BCUT2D eigenvalue weighted by atomic mass is 9.95. The van der Waals surface area contributed by atoms with Gasteiger partial charge in [-0.05, 0) is 29.3 Å². The predicted molar refractivity (Wildman–Crippen MR) is 145 cm³/mol. The Hall–Kier alpha value is -3.67. The zero-order valence-electron chi connectivity index (χ0n) is 19.1. The Balaban J connectivity index is 1.92. The topological polar surface area (TPSA) is 50.3 Å². The molecule has 0 aliphatic heterocycles. The zero-order valence-corrected chi connectivity index (χ0v) is 20.7. The first-order chi connectivity index (χ1) is 16.9. The van der Waals surface area contributed by atoms with E-state index >= 15 is 0 Å². The van der Waals surface area contributed by atoms with Gasteiger partial charge in [-0.3, -0.25) is 4.31 Å². The van der Waals surface area contributed by atoms with Crippen molar-refractivity contribution < 1.29 is 8.42 Å². The summed E-state index contributed by atoms with van der Waals surface area (Å²) in [6.45, 7) is 0.190. The summed E-state index contributed by atoms with van der Waals surface area (Å²) in [6.07, 6.45) is 1.25. The van der Waals surface area contributed by atoms with Gasteiger partial charge in [0, 0.05) is 21.5 Å². The molecule has 0 atom stereocenters. The number of aromatic nitrogens is 1. The molecule has 0 unspecified atom stereocenters. The van der Waals surface area contributed by atoms with E-state index in [1.807, 2.05) is 103 Å². The number of hydrogen-bond acceptors (Lipinski definition) is 3. The summed E-state index contributed by atoms with van der Waals surface area (Å²) in [7, 11) is -3.67. The fourth-order valence-electron chi connectivity index (χ4n) is 4.29. The highest BCUT2D eigenvalue weighted by Gasteiger charge is 2.27. The molecule has 0 aliphatic carbocycles. The number of nitrogens with zero attached hydrogens (tertiary/aromatic N) is 2. The first-order valence-electron chi connectivity index (χ1n) is 11.2. The molecule has 0 fully saturated rings. The van der Waals surface area contributed by atoms with Gasteiger partial charge in [0.15, 0.2) is 0 Å². The van der Waals surface area contributed by atoms with Crippen molar-refractivity contribution in [1.29, 1.82) is 0 Å². The summed E-state index contributed by atoms with van der Waals surface area (Å²) < 4.78 is 28.2. The summed E-state index contributed by atoms with van der Waals surface area (Å²) in [5, 5.41) is 1.32. The van der Waals surface area contributed by atoms with Crippen molar-refractivity contribution in [3.63, 3.8) is 0 Å². The van der Waals surface area contributed by atoms with Gasteiger partial charge in [0.25, 0.3) is 0 Å². The van der Waals surface area contributed by atoms with Crippen LogP contribution < -0.4 is 4.31 Å². The number of halogens is 1. The first kappa shape index (κ1) is 23.1. The SMILES string of the molecule is CS(=O)(=O)N(Cc1ccccc1)c1c(-c2cccc(Cl)c2)c(-c2ccccc2)nc2ccccc12. The van der Waals surface area contributed by atoms with Crippen LogP contribution in [0.2, 0.25) is 5.02 Å². The molecule has 5 aromatic rings. The van der Waals surface area contributed by atoms with Crippen LogP contribution in [0, 0.1) is 0 Å². The molecule has 0 amide bonds. The average molecular weight is 499 g/mol. The Morgan fingerprint density at radius 1 is 0.771 bits per heavy atom. The quantitative estimate of drug-likeness (QED) is 0.249. The number of hydrogen-bond donors (Lipinski definition) is 0. The van der Waals surface area contributed by atoms with Gasteiger partial charge in [-0.1, -0.05) is 103 Å². The second-order valence-corrected chi connectivity index (χ2v) is 10.7. The molecule has 0 saturated carbocycles. The highest BCUT2D eigenvalue weighted by Crippen LogP contribution is 2.44. The lowest BCUT2D eigenvalue weighted by molar-refractivity contribution is 0.596. The molecule has 0 saturated heterocycles. The molecule has 4 nitrogen and oxygen atoms in total. The number of anilines is 1. The van der Waals surface area contributed by atoms with E-state index in [1.54, 1.807) is 6.07 Å². The Labute approximate surface area is 210 Å². The zero-order chi connectivity index (χ0) is 24.4. The average Bonchev–Trinajstić information content (AvgIpc) is 2.87. The Morgan fingerprint density at radius 3 is 2.09 bits per heavy atom. The van der Waals surface area contributed by atoms with Crippen molar-refractivity contribution in [3.05, 3.63) is 120 Å². The fraction of sp³-hybridized carbons (Fsp3) is 0.0690. The lowest BCUT2D eigenvalue weighted by Gasteiger charge is -2.28. The van der Waals surface area contributed by atoms with Crippen LogP contribution in [0.5, 0.6) is 0 Å². The predicted octanol–water partition coefficient (Wildman–Crippen LogP) is 7.19. The molecule has 0 spiro atoms. The second kappa shape index (κ2) is 9.53. The molecular weight excluding hydrogens is 476 g/mol. The van der Waals surface area contributed by atoms with Crippen LogP contribution in [0.25, 0.3) is 33.3 Å². The van der Waals surface area contributed by atoms with Crippen molar-refractivity contribution in [2.45, 2.75) is 6.54 Å². The van der Waals surface area contributed by atoms with Gasteiger partial charge in [0.05, 0.1) is 29.7 Å². The summed E-state index contributed by atoms with van der Waals surface area (Å²) in [4.78, 5) is 5.02. The van der Waals surface area contributed by atoms with Crippen molar-refractivity contribution in [2.75, 3.05) is 10.6 Å². The maximum Gasteiger partial charge on any atom is 0.232 e. The number of fused-ring (bicyclic) bond motifs is 1. The van der Waals surface area contributed by atoms with Gasteiger partial charge in [-0.2, -0.15) is 0 Å². The minimum atomic E-state index is -3.67. The highest BCUT2D eigenvalue weighted by atomic mass is 35.5. The molecule has 4 aromatic carbocycles. The van der Waals surface area contributed by atoms with Gasteiger partial charge in [0.2, 0.25) is 10.0 Å². The smallest absolute Gasteiger partial charge is 0.232 e. The van der Waals surface area contributed by atoms with E-state index in [9.17, 15) is 8.42 Å². The molecule has 0 radical (unpaired) electrons. The molecule has 0 aliphatic rings. The monoisotopic (exact) mass is 498 g/mol.